The first-order valence-electron chi connectivity index (χ1n) is 28.6. The Hall–Kier alpha value is -6.00. The van der Waals surface area contributed by atoms with Gasteiger partial charge in [0.1, 0.15) is 0 Å². The SMILES string of the molecule is CCCC(C)(C)c1cc(N2c3cc4c(cc3B3c5cc6c(cc5N(c5ccc7c(c5)C(C)(C)CC7(C)C)c5cc(N(c7ccccc7)c7ccccc7)cc2c53)C(C)(C)CC6(C)C)C(C)(C)CC4(C)C)ccc1CC. The van der Waals surface area contributed by atoms with Gasteiger partial charge in [-0.15, -0.1) is 0 Å². The van der Waals surface area contributed by atoms with E-state index in [0.29, 0.717) is 0 Å². The minimum Gasteiger partial charge on any atom is -0.311 e. The summed E-state index contributed by atoms with van der Waals surface area (Å²) in [4.78, 5) is 7.96. The molecule has 3 aliphatic carbocycles. The Morgan fingerprint density at radius 3 is 1.31 bits per heavy atom. The number of anilines is 9. The zero-order chi connectivity index (χ0) is 53.2. The number of hydrogen-bond acceptors (Lipinski definition) is 3. The molecule has 0 atom stereocenters. The molecule has 0 bridgehead atoms. The highest BCUT2D eigenvalue weighted by Gasteiger charge is 2.51. The Bertz CT molecular complexity index is 3420. The zero-order valence-electron chi connectivity index (χ0n) is 48.4. The standard InChI is InChI=1S/C71H82BN3/c1-17-33-65(3,4)52-34-48(30-29-45(52)18-2)74-60-40-56-54(68(9,10)43-70(56,13)14)38-58(60)72-59-39-55-57(71(15,16)44-69(55,11)12)41-61(59)75(49-31-32-51-53(35-49)67(7,8)42-66(51,5)6)63-37-50(36-62(74)64(63)72)73(46-25-21-19-22-26-46)47-27-23-20-24-28-47/h19-32,34-41H,17-18,33,42-44H2,1-16H3. The van der Waals surface area contributed by atoms with Crippen molar-refractivity contribution in [2.24, 2.45) is 0 Å². The van der Waals surface area contributed by atoms with Crippen LogP contribution in [0.2, 0.25) is 0 Å². The smallest absolute Gasteiger partial charge is 0.252 e. The van der Waals surface area contributed by atoms with Crippen LogP contribution in [0.15, 0.2) is 133 Å². The molecule has 0 fully saturated rings. The van der Waals surface area contributed by atoms with Crippen molar-refractivity contribution in [2.75, 3.05) is 14.7 Å². The summed E-state index contributed by atoms with van der Waals surface area (Å²) in [6.45, 7) is 39.4. The molecule has 7 aromatic carbocycles. The van der Waals surface area contributed by atoms with Crippen LogP contribution < -0.4 is 31.1 Å². The summed E-state index contributed by atoms with van der Waals surface area (Å²) in [7, 11) is 0. The molecule has 384 valence electrons. The lowest BCUT2D eigenvalue weighted by Crippen LogP contribution is -2.62. The Morgan fingerprint density at radius 2 is 0.853 bits per heavy atom. The third kappa shape index (κ3) is 7.56. The fourth-order valence-electron chi connectivity index (χ4n) is 16.7. The molecular weight excluding hydrogens is 906 g/mol. The van der Waals surface area contributed by atoms with Gasteiger partial charge in [-0.1, -0.05) is 178 Å². The maximum absolute atomic E-state index is 2.73. The van der Waals surface area contributed by atoms with Crippen molar-refractivity contribution in [3.8, 4) is 0 Å². The molecule has 7 aromatic rings. The van der Waals surface area contributed by atoms with E-state index >= 15 is 0 Å². The summed E-state index contributed by atoms with van der Waals surface area (Å²) >= 11 is 0. The molecule has 0 radical (unpaired) electrons. The summed E-state index contributed by atoms with van der Waals surface area (Å²) in [6, 6.07) is 53.1. The van der Waals surface area contributed by atoms with Crippen LogP contribution in [-0.4, -0.2) is 6.71 Å². The van der Waals surface area contributed by atoms with Crippen LogP contribution in [0, 0.1) is 0 Å². The molecule has 0 amide bonds. The third-order valence-electron chi connectivity index (χ3n) is 19.2. The molecule has 5 aliphatic rings. The molecular formula is C71H82BN3. The Labute approximate surface area is 451 Å². The molecule has 0 N–H and O–H groups in total. The molecule has 12 rings (SSSR count). The minimum atomic E-state index is -0.00575. The van der Waals surface area contributed by atoms with Gasteiger partial charge in [-0.3, -0.25) is 0 Å². The number of nitrogens with zero attached hydrogens (tertiary/aromatic N) is 3. The van der Waals surface area contributed by atoms with Crippen molar-refractivity contribution in [3.63, 3.8) is 0 Å². The zero-order valence-corrected chi connectivity index (χ0v) is 48.4. The Kier molecular flexibility index (Phi) is 11.0. The molecule has 3 nitrogen and oxygen atoms in total. The van der Waals surface area contributed by atoms with Gasteiger partial charge in [0.2, 0.25) is 0 Å². The van der Waals surface area contributed by atoms with E-state index in [1.54, 1.807) is 0 Å². The molecule has 0 unspecified atom stereocenters. The lowest BCUT2D eigenvalue weighted by molar-refractivity contribution is 0.403. The van der Waals surface area contributed by atoms with Crippen molar-refractivity contribution in [1.82, 2.24) is 0 Å². The Balaban J connectivity index is 1.26. The van der Waals surface area contributed by atoms with E-state index in [2.05, 4.69) is 259 Å². The first kappa shape index (κ1) is 49.9. The normalized spacial score (nSPS) is 19.2. The van der Waals surface area contributed by atoms with Crippen molar-refractivity contribution in [2.45, 2.75) is 187 Å². The van der Waals surface area contributed by atoms with E-state index in [4.69, 9.17) is 0 Å². The van der Waals surface area contributed by atoms with Gasteiger partial charge in [-0.25, -0.2) is 0 Å². The van der Waals surface area contributed by atoms with Gasteiger partial charge in [0, 0.05) is 45.5 Å². The van der Waals surface area contributed by atoms with Crippen molar-refractivity contribution in [1.29, 1.82) is 0 Å². The van der Waals surface area contributed by atoms with Gasteiger partial charge in [0.05, 0.1) is 5.69 Å². The van der Waals surface area contributed by atoms with Crippen molar-refractivity contribution >= 4 is 74.3 Å². The maximum atomic E-state index is 2.73. The van der Waals surface area contributed by atoms with Crippen molar-refractivity contribution < 1.29 is 0 Å². The number of para-hydroxylation sites is 2. The predicted octanol–water partition coefficient (Wildman–Crippen LogP) is 17.8. The second kappa shape index (κ2) is 16.5. The van der Waals surface area contributed by atoms with Crippen molar-refractivity contribution in [3.05, 3.63) is 178 Å². The number of rotatable bonds is 9. The largest absolute Gasteiger partial charge is 0.311 e. The van der Waals surface area contributed by atoms with E-state index in [9.17, 15) is 0 Å². The summed E-state index contributed by atoms with van der Waals surface area (Å²) in [5.41, 5.74) is 27.3. The predicted molar refractivity (Wildman–Crippen MR) is 324 cm³/mol. The highest BCUT2D eigenvalue weighted by atomic mass is 15.2. The van der Waals surface area contributed by atoms with Crippen LogP contribution in [0.25, 0.3) is 0 Å². The summed E-state index contributed by atoms with van der Waals surface area (Å²) in [5.74, 6) is 0. The number of aryl methyl sites for hydroxylation is 1. The molecule has 75 heavy (non-hydrogen) atoms. The summed E-state index contributed by atoms with van der Waals surface area (Å²) in [6.07, 6.45) is 6.62. The van der Waals surface area contributed by atoms with Gasteiger partial charge in [0.15, 0.2) is 0 Å². The van der Waals surface area contributed by atoms with Crippen LogP contribution in [0.1, 0.15) is 187 Å². The van der Waals surface area contributed by atoms with Crippen LogP contribution in [0.3, 0.4) is 0 Å². The van der Waals surface area contributed by atoms with Gasteiger partial charge in [-0.2, -0.15) is 0 Å². The van der Waals surface area contributed by atoms with E-state index in [1.165, 1.54) is 95.0 Å². The highest BCUT2D eigenvalue weighted by Crippen LogP contribution is 2.57. The molecule has 0 spiro atoms. The lowest BCUT2D eigenvalue weighted by atomic mass is 9.33. The molecule has 4 heteroatoms. The summed E-state index contributed by atoms with van der Waals surface area (Å²) < 4.78 is 0. The van der Waals surface area contributed by atoms with Crippen LogP contribution in [0.4, 0.5) is 51.2 Å². The lowest BCUT2D eigenvalue weighted by Gasteiger charge is -2.46. The first-order chi connectivity index (χ1) is 35.3. The third-order valence-corrected chi connectivity index (χ3v) is 19.2. The monoisotopic (exact) mass is 988 g/mol. The van der Waals surface area contributed by atoms with Gasteiger partial charge >= 0.3 is 0 Å². The van der Waals surface area contributed by atoms with Gasteiger partial charge < -0.3 is 14.7 Å². The quantitative estimate of drug-likeness (QED) is 0.133. The van der Waals surface area contributed by atoms with E-state index in [-0.39, 0.29) is 44.6 Å². The highest BCUT2D eigenvalue weighted by molar-refractivity contribution is 7.00. The second-order valence-electron chi connectivity index (χ2n) is 28.3. The average Bonchev–Trinajstić information content (AvgIpc) is 3.75. The van der Waals surface area contributed by atoms with E-state index in [1.807, 2.05) is 0 Å². The van der Waals surface area contributed by atoms with E-state index in [0.717, 1.165) is 55.6 Å². The van der Waals surface area contributed by atoms with E-state index < -0.39 is 0 Å². The van der Waals surface area contributed by atoms with Crippen LogP contribution in [0.5, 0.6) is 0 Å². The molecule has 0 saturated carbocycles. The summed E-state index contributed by atoms with van der Waals surface area (Å²) in [5, 5.41) is 0. The molecule has 0 aromatic heterocycles. The van der Waals surface area contributed by atoms with Crippen LogP contribution >= 0.6 is 0 Å². The fourth-order valence-corrected chi connectivity index (χ4v) is 16.7. The molecule has 2 heterocycles. The number of hydrogen-bond donors (Lipinski definition) is 0. The van der Waals surface area contributed by atoms with Gasteiger partial charge in [0.25, 0.3) is 6.71 Å². The average molecular weight is 988 g/mol. The fraction of sp³-hybridized carbons (Fsp3) is 0.408. The topological polar surface area (TPSA) is 9.72 Å². The first-order valence-corrected chi connectivity index (χ1v) is 28.6. The van der Waals surface area contributed by atoms with Crippen LogP contribution in [-0.2, 0) is 44.3 Å². The second-order valence-corrected chi connectivity index (χ2v) is 28.3. The molecule has 0 saturated heterocycles. The Morgan fingerprint density at radius 1 is 0.440 bits per heavy atom. The van der Waals surface area contributed by atoms with Gasteiger partial charge in [-0.05, 0) is 204 Å². The molecule has 2 aliphatic heterocycles. The maximum Gasteiger partial charge on any atom is 0.252 e. The number of fused-ring (bicyclic) bond motifs is 7. The minimum absolute atomic E-state index is 0.00575. The number of benzene rings is 7.